The topological polar surface area (TPSA) is 20.2 Å². The molecule has 2 rings (SSSR count). The fourth-order valence-electron chi connectivity index (χ4n) is 2.83. The van der Waals surface area contributed by atoms with E-state index in [-0.39, 0.29) is 11.9 Å². The Morgan fingerprint density at radius 3 is 2.67 bits per heavy atom. The zero-order valence-electron chi connectivity index (χ0n) is 10.5. The minimum atomic E-state index is -0.348. The van der Waals surface area contributed by atoms with E-state index in [1.54, 1.807) is 0 Å². The lowest BCUT2D eigenvalue weighted by Gasteiger charge is -2.14. The van der Waals surface area contributed by atoms with E-state index >= 15 is 0 Å². The Hall–Kier alpha value is -0.410. The molecular formula is C15H20BrFO. The van der Waals surface area contributed by atoms with Crippen LogP contribution in [0.3, 0.4) is 0 Å². The van der Waals surface area contributed by atoms with Gasteiger partial charge in [-0.2, -0.15) is 0 Å². The van der Waals surface area contributed by atoms with Crippen molar-refractivity contribution in [2.75, 3.05) is 0 Å². The number of aliphatic hydroxyl groups excluding tert-OH is 1. The summed E-state index contributed by atoms with van der Waals surface area (Å²) in [6, 6.07) is 4.82. The fourth-order valence-corrected chi connectivity index (χ4v) is 3.34. The SMILES string of the molecule is OC(CCC1CCCC1)Cc1cc(F)cc(Br)c1. The van der Waals surface area contributed by atoms with Crippen molar-refractivity contribution in [2.24, 2.45) is 5.92 Å². The molecule has 18 heavy (non-hydrogen) atoms. The number of hydrogen-bond donors (Lipinski definition) is 1. The molecule has 1 fully saturated rings. The monoisotopic (exact) mass is 314 g/mol. The van der Waals surface area contributed by atoms with Gasteiger partial charge in [-0.05, 0) is 48.9 Å². The molecule has 1 atom stereocenters. The first-order valence-corrected chi connectivity index (χ1v) is 7.56. The van der Waals surface area contributed by atoms with Crippen LogP contribution >= 0.6 is 15.9 Å². The van der Waals surface area contributed by atoms with E-state index in [4.69, 9.17) is 0 Å². The van der Waals surface area contributed by atoms with Crippen LogP contribution in [-0.4, -0.2) is 11.2 Å². The smallest absolute Gasteiger partial charge is 0.124 e. The van der Waals surface area contributed by atoms with Gasteiger partial charge < -0.3 is 5.11 Å². The average Bonchev–Trinajstić information content (AvgIpc) is 2.77. The second-order valence-corrected chi connectivity index (χ2v) is 6.28. The largest absolute Gasteiger partial charge is 0.393 e. The summed E-state index contributed by atoms with van der Waals surface area (Å²) in [5.74, 6) is 0.557. The standard InChI is InChI=1S/C15H20BrFO/c16-13-7-12(8-14(17)10-13)9-15(18)6-5-11-3-1-2-4-11/h7-8,10-11,15,18H,1-6,9H2. The molecule has 0 spiro atoms. The molecule has 0 radical (unpaired) electrons. The lowest BCUT2D eigenvalue weighted by Crippen LogP contribution is -2.12. The van der Waals surface area contributed by atoms with Crippen LogP contribution in [0.1, 0.15) is 44.1 Å². The third-order valence-corrected chi connectivity index (χ3v) is 4.23. The molecule has 0 saturated heterocycles. The van der Waals surface area contributed by atoms with Gasteiger partial charge in [0.25, 0.3) is 0 Å². The first kappa shape index (κ1) is 14.0. The van der Waals surface area contributed by atoms with Gasteiger partial charge in [0.15, 0.2) is 0 Å². The Morgan fingerprint density at radius 2 is 2.00 bits per heavy atom. The van der Waals surface area contributed by atoms with Gasteiger partial charge in [-0.3, -0.25) is 0 Å². The molecule has 0 aromatic heterocycles. The molecule has 1 saturated carbocycles. The summed E-state index contributed by atoms with van der Waals surface area (Å²) in [7, 11) is 0. The fraction of sp³-hybridized carbons (Fsp3) is 0.600. The van der Waals surface area contributed by atoms with Crippen LogP contribution in [0.15, 0.2) is 22.7 Å². The molecule has 100 valence electrons. The zero-order valence-corrected chi connectivity index (χ0v) is 12.1. The van der Waals surface area contributed by atoms with Crippen molar-refractivity contribution in [2.45, 2.75) is 51.0 Å². The van der Waals surface area contributed by atoms with Crippen LogP contribution in [-0.2, 0) is 6.42 Å². The summed E-state index contributed by atoms with van der Waals surface area (Å²) < 4.78 is 13.9. The molecule has 3 heteroatoms. The maximum atomic E-state index is 13.2. The Bertz CT molecular complexity index is 368. The van der Waals surface area contributed by atoms with E-state index in [1.165, 1.54) is 37.8 Å². The number of hydrogen-bond acceptors (Lipinski definition) is 1. The number of halogens is 2. The first-order valence-electron chi connectivity index (χ1n) is 6.76. The number of rotatable bonds is 5. The first-order chi connectivity index (χ1) is 8.63. The second-order valence-electron chi connectivity index (χ2n) is 5.36. The molecule has 0 heterocycles. The molecule has 0 bridgehead atoms. The van der Waals surface area contributed by atoms with Crippen molar-refractivity contribution in [1.82, 2.24) is 0 Å². The minimum Gasteiger partial charge on any atom is -0.393 e. The van der Waals surface area contributed by atoms with E-state index in [0.717, 1.165) is 28.8 Å². The highest BCUT2D eigenvalue weighted by molar-refractivity contribution is 9.10. The van der Waals surface area contributed by atoms with Gasteiger partial charge in [0.1, 0.15) is 5.82 Å². The summed E-state index contributed by atoms with van der Waals surface area (Å²) in [4.78, 5) is 0. The number of benzene rings is 1. The van der Waals surface area contributed by atoms with Gasteiger partial charge in [-0.25, -0.2) is 4.39 Å². The number of aliphatic hydroxyl groups is 1. The summed E-state index contributed by atoms with van der Waals surface area (Å²) in [6.07, 6.45) is 7.46. The predicted octanol–water partition coefficient (Wildman–Crippen LogP) is 4.46. The Labute approximate surface area is 117 Å². The highest BCUT2D eigenvalue weighted by atomic mass is 79.9. The molecule has 1 aliphatic carbocycles. The summed E-state index contributed by atoms with van der Waals surface area (Å²) in [6.45, 7) is 0. The van der Waals surface area contributed by atoms with Crippen molar-refractivity contribution in [3.63, 3.8) is 0 Å². The van der Waals surface area contributed by atoms with E-state index in [2.05, 4.69) is 15.9 Å². The van der Waals surface area contributed by atoms with Gasteiger partial charge >= 0.3 is 0 Å². The zero-order chi connectivity index (χ0) is 13.0. The predicted molar refractivity (Wildman–Crippen MR) is 75.0 cm³/mol. The molecule has 1 nitrogen and oxygen atoms in total. The van der Waals surface area contributed by atoms with Gasteiger partial charge in [0.05, 0.1) is 6.10 Å². The molecule has 0 amide bonds. The van der Waals surface area contributed by atoms with Crippen LogP contribution in [0.25, 0.3) is 0 Å². The van der Waals surface area contributed by atoms with Gasteiger partial charge in [0, 0.05) is 4.47 Å². The lowest BCUT2D eigenvalue weighted by atomic mass is 9.97. The van der Waals surface area contributed by atoms with Gasteiger partial charge in [0.2, 0.25) is 0 Å². The molecule has 1 aromatic carbocycles. The van der Waals surface area contributed by atoms with E-state index in [9.17, 15) is 9.50 Å². The Morgan fingerprint density at radius 1 is 1.28 bits per heavy atom. The molecule has 1 aromatic rings. The maximum absolute atomic E-state index is 13.2. The highest BCUT2D eigenvalue weighted by Crippen LogP contribution is 2.29. The van der Waals surface area contributed by atoms with Crippen molar-refractivity contribution < 1.29 is 9.50 Å². The summed E-state index contributed by atoms with van der Waals surface area (Å²) >= 11 is 3.27. The van der Waals surface area contributed by atoms with Crippen LogP contribution in [0.5, 0.6) is 0 Å². The normalized spacial score (nSPS) is 18.2. The van der Waals surface area contributed by atoms with Crippen LogP contribution in [0.4, 0.5) is 4.39 Å². The Kier molecular flexibility index (Phi) is 5.19. The average molecular weight is 315 g/mol. The quantitative estimate of drug-likeness (QED) is 0.850. The lowest BCUT2D eigenvalue weighted by molar-refractivity contribution is 0.154. The van der Waals surface area contributed by atoms with Gasteiger partial charge in [-0.15, -0.1) is 0 Å². The molecule has 0 aliphatic heterocycles. The minimum absolute atomic E-state index is 0.248. The third-order valence-electron chi connectivity index (χ3n) is 3.78. The van der Waals surface area contributed by atoms with Crippen LogP contribution in [0, 0.1) is 11.7 Å². The summed E-state index contributed by atoms with van der Waals surface area (Å²) in [5.41, 5.74) is 0.862. The van der Waals surface area contributed by atoms with Crippen LogP contribution in [0.2, 0.25) is 0 Å². The Balaban J connectivity index is 1.80. The van der Waals surface area contributed by atoms with Gasteiger partial charge in [-0.1, -0.05) is 41.6 Å². The summed E-state index contributed by atoms with van der Waals surface area (Å²) in [5, 5.41) is 10.0. The van der Waals surface area contributed by atoms with E-state index < -0.39 is 0 Å². The van der Waals surface area contributed by atoms with Crippen molar-refractivity contribution >= 4 is 15.9 Å². The highest BCUT2D eigenvalue weighted by Gasteiger charge is 2.16. The maximum Gasteiger partial charge on any atom is 0.124 e. The third kappa shape index (κ3) is 4.36. The van der Waals surface area contributed by atoms with Crippen LogP contribution < -0.4 is 0 Å². The second kappa shape index (κ2) is 6.67. The molecule has 1 aliphatic rings. The molecule has 1 N–H and O–H groups in total. The van der Waals surface area contributed by atoms with E-state index in [1.807, 2.05) is 6.07 Å². The van der Waals surface area contributed by atoms with E-state index in [0.29, 0.717) is 6.42 Å². The van der Waals surface area contributed by atoms with Crippen molar-refractivity contribution in [1.29, 1.82) is 0 Å². The molecular weight excluding hydrogens is 295 g/mol. The van der Waals surface area contributed by atoms with Crippen molar-refractivity contribution in [3.05, 3.63) is 34.1 Å². The molecule has 1 unspecified atom stereocenters. The van der Waals surface area contributed by atoms with Crippen molar-refractivity contribution in [3.8, 4) is 0 Å².